The summed E-state index contributed by atoms with van der Waals surface area (Å²) in [6.45, 7) is 3.62. The van der Waals surface area contributed by atoms with E-state index in [2.05, 4.69) is 4.98 Å². The normalized spacial score (nSPS) is 11.1. The highest BCUT2D eigenvalue weighted by Gasteiger charge is 2.13. The zero-order valence-corrected chi connectivity index (χ0v) is 8.03. The number of hydrogen-bond donors (Lipinski definition) is 1. The first kappa shape index (κ1) is 8.87. The van der Waals surface area contributed by atoms with Crippen molar-refractivity contribution in [2.24, 2.45) is 0 Å². The molecule has 0 aliphatic carbocycles. The Bertz CT molecular complexity index is 424. The maximum absolute atomic E-state index is 11.4. The van der Waals surface area contributed by atoms with E-state index in [0.29, 0.717) is 11.3 Å². The van der Waals surface area contributed by atoms with E-state index in [1.54, 1.807) is 18.4 Å². The van der Waals surface area contributed by atoms with Crippen LogP contribution in [0.4, 0.5) is 0 Å². The zero-order chi connectivity index (χ0) is 10.1. The van der Waals surface area contributed by atoms with E-state index in [-0.39, 0.29) is 12.1 Å². The molecule has 2 rings (SSSR count). The molecule has 0 saturated heterocycles. The number of H-pyrrole nitrogens is 1. The number of rotatable bonds is 2. The molecule has 4 nitrogen and oxygen atoms in total. The Labute approximate surface area is 80.9 Å². The van der Waals surface area contributed by atoms with Crippen LogP contribution >= 0.6 is 0 Å². The van der Waals surface area contributed by atoms with Crippen LogP contribution in [0.15, 0.2) is 22.8 Å². The molecule has 4 heteroatoms. The van der Waals surface area contributed by atoms with Crippen LogP contribution in [0.5, 0.6) is 0 Å². The Morgan fingerprint density at radius 2 is 2.36 bits per heavy atom. The molecule has 0 unspecified atom stereocenters. The van der Waals surface area contributed by atoms with Crippen LogP contribution in [0.2, 0.25) is 0 Å². The lowest BCUT2D eigenvalue weighted by Crippen LogP contribution is -2.11. The maximum Gasteiger partial charge on any atom is 0.355 e. The van der Waals surface area contributed by atoms with Gasteiger partial charge in [-0.3, -0.25) is 0 Å². The van der Waals surface area contributed by atoms with Gasteiger partial charge in [0, 0.05) is 12.1 Å². The van der Waals surface area contributed by atoms with Gasteiger partial charge in [-0.25, -0.2) is 4.79 Å². The summed E-state index contributed by atoms with van der Waals surface area (Å²) >= 11 is 0. The smallest absolute Gasteiger partial charge is 0.355 e. The van der Waals surface area contributed by atoms with Gasteiger partial charge in [-0.1, -0.05) is 0 Å². The second-order valence-electron chi connectivity index (χ2n) is 3.34. The lowest BCUT2D eigenvalue weighted by Gasteiger charge is -2.05. The van der Waals surface area contributed by atoms with Gasteiger partial charge in [0.1, 0.15) is 5.69 Å². The Kier molecular flexibility index (Phi) is 2.04. The van der Waals surface area contributed by atoms with Gasteiger partial charge in [0.2, 0.25) is 0 Å². The zero-order valence-electron chi connectivity index (χ0n) is 8.03. The van der Waals surface area contributed by atoms with Gasteiger partial charge in [0.15, 0.2) is 5.58 Å². The summed E-state index contributed by atoms with van der Waals surface area (Å²) < 4.78 is 10.1. The van der Waals surface area contributed by atoms with Crippen molar-refractivity contribution in [2.45, 2.75) is 20.0 Å². The first-order chi connectivity index (χ1) is 6.66. The van der Waals surface area contributed by atoms with Crippen molar-refractivity contribution in [1.29, 1.82) is 0 Å². The SMILES string of the molecule is CC(C)OC(=O)c1cc2occc2[nH]1. The van der Waals surface area contributed by atoms with Crippen LogP contribution in [0.3, 0.4) is 0 Å². The molecule has 0 radical (unpaired) electrons. The fourth-order valence-corrected chi connectivity index (χ4v) is 1.24. The maximum atomic E-state index is 11.4. The summed E-state index contributed by atoms with van der Waals surface area (Å²) in [6, 6.07) is 3.40. The van der Waals surface area contributed by atoms with Crippen molar-refractivity contribution in [3.63, 3.8) is 0 Å². The molecule has 0 saturated carbocycles. The number of fused-ring (bicyclic) bond motifs is 1. The number of carbonyl (C=O) groups excluding carboxylic acids is 1. The summed E-state index contributed by atoms with van der Waals surface area (Å²) in [4.78, 5) is 14.3. The van der Waals surface area contributed by atoms with Crippen molar-refractivity contribution < 1.29 is 13.9 Å². The number of hydrogen-bond acceptors (Lipinski definition) is 3. The summed E-state index contributed by atoms with van der Waals surface area (Å²) in [5.41, 5.74) is 1.90. The van der Waals surface area contributed by atoms with Crippen LogP contribution in [0, 0.1) is 0 Å². The summed E-state index contributed by atoms with van der Waals surface area (Å²) in [5.74, 6) is -0.355. The van der Waals surface area contributed by atoms with Crippen LogP contribution in [0.25, 0.3) is 11.1 Å². The van der Waals surface area contributed by atoms with E-state index in [0.717, 1.165) is 5.52 Å². The Morgan fingerprint density at radius 3 is 3.00 bits per heavy atom. The number of nitrogens with one attached hydrogen (secondary N) is 1. The van der Waals surface area contributed by atoms with Crippen LogP contribution in [-0.2, 0) is 4.74 Å². The molecule has 0 atom stereocenters. The van der Waals surface area contributed by atoms with E-state index in [1.165, 1.54) is 0 Å². The van der Waals surface area contributed by atoms with Crippen molar-refractivity contribution >= 4 is 17.1 Å². The fourth-order valence-electron chi connectivity index (χ4n) is 1.24. The number of ether oxygens (including phenoxy) is 1. The molecule has 2 aromatic heterocycles. The van der Waals surface area contributed by atoms with Gasteiger partial charge in [-0.2, -0.15) is 0 Å². The molecule has 0 spiro atoms. The van der Waals surface area contributed by atoms with Crippen LogP contribution < -0.4 is 0 Å². The van der Waals surface area contributed by atoms with Crippen molar-refractivity contribution in [3.8, 4) is 0 Å². The molecule has 0 aliphatic rings. The van der Waals surface area contributed by atoms with Crippen LogP contribution in [-0.4, -0.2) is 17.1 Å². The topological polar surface area (TPSA) is 55.2 Å². The summed E-state index contributed by atoms with van der Waals surface area (Å²) in [7, 11) is 0. The van der Waals surface area contributed by atoms with Crippen molar-refractivity contribution in [2.75, 3.05) is 0 Å². The average Bonchev–Trinajstić information content (AvgIpc) is 2.58. The van der Waals surface area contributed by atoms with E-state index in [4.69, 9.17) is 9.15 Å². The highest BCUT2D eigenvalue weighted by molar-refractivity contribution is 5.93. The molecule has 2 aromatic rings. The lowest BCUT2D eigenvalue weighted by molar-refractivity contribution is 0.0372. The van der Waals surface area contributed by atoms with Crippen molar-refractivity contribution in [3.05, 3.63) is 24.1 Å². The highest BCUT2D eigenvalue weighted by atomic mass is 16.5. The minimum Gasteiger partial charge on any atom is -0.463 e. The van der Waals surface area contributed by atoms with Gasteiger partial charge in [-0.05, 0) is 13.8 Å². The largest absolute Gasteiger partial charge is 0.463 e. The second kappa shape index (κ2) is 3.21. The number of aromatic amines is 1. The minimum atomic E-state index is -0.355. The molecule has 0 fully saturated rings. The van der Waals surface area contributed by atoms with Gasteiger partial charge in [0.05, 0.1) is 17.9 Å². The first-order valence-corrected chi connectivity index (χ1v) is 4.44. The number of aromatic nitrogens is 1. The lowest BCUT2D eigenvalue weighted by atomic mass is 10.4. The molecule has 0 aromatic carbocycles. The number of esters is 1. The quantitative estimate of drug-likeness (QED) is 0.744. The van der Waals surface area contributed by atoms with Gasteiger partial charge >= 0.3 is 5.97 Å². The highest BCUT2D eigenvalue weighted by Crippen LogP contribution is 2.16. The first-order valence-electron chi connectivity index (χ1n) is 4.44. The Morgan fingerprint density at radius 1 is 1.57 bits per heavy atom. The third-order valence-electron chi connectivity index (χ3n) is 1.80. The van der Waals surface area contributed by atoms with Gasteiger partial charge in [0.25, 0.3) is 0 Å². The predicted molar refractivity (Wildman–Crippen MR) is 51.1 cm³/mol. The predicted octanol–water partition coefficient (Wildman–Crippen LogP) is 2.33. The Balaban J connectivity index is 2.26. The minimum absolute atomic E-state index is 0.114. The molecule has 1 N–H and O–H groups in total. The monoisotopic (exact) mass is 193 g/mol. The molecule has 2 heterocycles. The summed E-state index contributed by atoms with van der Waals surface area (Å²) in [5, 5.41) is 0. The van der Waals surface area contributed by atoms with Gasteiger partial charge < -0.3 is 14.1 Å². The van der Waals surface area contributed by atoms with E-state index < -0.39 is 0 Å². The average molecular weight is 193 g/mol. The van der Waals surface area contributed by atoms with E-state index in [9.17, 15) is 4.79 Å². The molecule has 0 bridgehead atoms. The van der Waals surface area contributed by atoms with Crippen molar-refractivity contribution in [1.82, 2.24) is 4.98 Å². The molecular formula is C10H11NO3. The number of carbonyl (C=O) groups is 1. The number of furan rings is 1. The van der Waals surface area contributed by atoms with E-state index in [1.807, 2.05) is 13.8 Å². The molecule has 14 heavy (non-hydrogen) atoms. The standard InChI is InChI=1S/C10H11NO3/c1-6(2)14-10(12)8-5-9-7(11-8)3-4-13-9/h3-6,11H,1-2H3. The summed E-state index contributed by atoms with van der Waals surface area (Å²) in [6.07, 6.45) is 1.45. The molecule has 0 aliphatic heterocycles. The molecule has 74 valence electrons. The molecule has 0 amide bonds. The second-order valence-corrected chi connectivity index (χ2v) is 3.34. The Hall–Kier alpha value is -1.71. The third-order valence-corrected chi connectivity index (χ3v) is 1.80. The van der Waals surface area contributed by atoms with Gasteiger partial charge in [-0.15, -0.1) is 0 Å². The fraction of sp³-hybridized carbons (Fsp3) is 0.300. The molecular weight excluding hydrogens is 182 g/mol. The third kappa shape index (κ3) is 1.51. The van der Waals surface area contributed by atoms with E-state index >= 15 is 0 Å². The van der Waals surface area contributed by atoms with Crippen LogP contribution in [0.1, 0.15) is 24.3 Å².